The fourth-order valence-corrected chi connectivity index (χ4v) is 6.48. The van der Waals surface area contributed by atoms with Crippen LogP contribution in [0.15, 0.2) is 85.2 Å². The van der Waals surface area contributed by atoms with E-state index in [1.54, 1.807) is 0 Å². The summed E-state index contributed by atoms with van der Waals surface area (Å²) in [5, 5.41) is 4.71. The van der Waals surface area contributed by atoms with Crippen LogP contribution in [0.2, 0.25) is 0 Å². The van der Waals surface area contributed by atoms with Gasteiger partial charge in [0.25, 0.3) is 0 Å². The van der Waals surface area contributed by atoms with Crippen molar-refractivity contribution in [2.45, 2.75) is 89.8 Å². The number of carbonyl (C=O) groups is 1. The SMILES string of the molecule is CC(C)c1ccc(N(Cc2cnn(C3CCCC3)c2)C(=O)C2CCCc3c(OCc4ccccc4)cccc32)cc1. The zero-order valence-electron chi connectivity index (χ0n) is 24.3. The molecule has 0 spiro atoms. The lowest BCUT2D eigenvalue weighted by Crippen LogP contribution is -2.36. The summed E-state index contributed by atoms with van der Waals surface area (Å²) in [6.07, 6.45) is 11.8. The van der Waals surface area contributed by atoms with Gasteiger partial charge in [-0.15, -0.1) is 0 Å². The lowest BCUT2D eigenvalue weighted by Gasteiger charge is -2.32. The molecule has 0 radical (unpaired) electrons. The largest absolute Gasteiger partial charge is 0.489 e. The molecule has 0 bridgehead atoms. The Labute approximate surface area is 244 Å². The molecule has 5 nitrogen and oxygen atoms in total. The number of nitrogens with zero attached hydrogens (tertiary/aromatic N) is 3. The Hall–Kier alpha value is -3.86. The molecule has 212 valence electrons. The first-order valence-corrected chi connectivity index (χ1v) is 15.3. The molecule has 1 atom stereocenters. The van der Waals surface area contributed by atoms with E-state index in [1.165, 1.54) is 36.8 Å². The normalized spacial score (nSPS) is 17.0. The van der Waals surface area contributed by atoms with E-state index in [4.69, 9.17) is 9.84 Å². The molecule has 0 aliphatic heterocycles. The summed E-state index contributed by atoms with van der Waals surface area (Å²) in [6.45, 7) is 5.44. The number of aromatic nitrogens is 2. The molecule has 0 N–H and O–H groups in total. The van der Waals surface area contributed by atoms with Gasteiger partial charge in [0.1, 0.15) is 12.4 Å². The molecule has 1 saturated carbocycles. The minimum absolute atomic E-state index is 0.150. The lowest BCUT2D eigenvalue weighted by atomic mass is 9.81. The van der Waals surface area contributed by atoms with Gasteiger partial charge in [-0.25, -0.2) is 0 Å². The van der Waals surface area contributed by atoms with Crippen LogP contribution in [-0.4, -0.2) is 15.7 Å². The summed E-state index contributed by atoms with van der Waals surface area (Å²) in [5.74, 6) is 1.29. The molecule has 4 aromatic rings. The summed E-state index contributed by atoms with van der Waals surface area (Å²) < 4.78 is 8.43. The van der Waals surface area contributed by atoms with Crippen molar-refractivity contribution in [2.75, 3.05) is 4.90 Å². The number of benzene rings is 3. The number of fused-ring (bicyclic) bond motifs is 1. The van der Waals surface area contributed by atoms with E-state index < -0.39 is 0 Å². The van der Waals surface area contributed by atoms with E-state index >= 15 is 0 Å². The van der Waals surface area contributed by atoms with Crippen LogP contribution >= 0.6 is 0 Å². The quantitative estimate of drug-likeness (QED) is 0.212. The molecular formula is C36H41N3O2. The zero-order valence-corrected chi connectivity index (χ0v) is 24.3. The summed E-state index contributed by atoms with van der Waals surface area (Å²) in [6, 6.07) is 25.5. The molecule has 1 unspecified atom stereocenters. The number of rotatable bonds is 9. The average Bonchev–Trinajstić information content (AvgIpc) is 3.71. The molecule has 6 rings (SSSR count). The van der Waals surface area contributed by atoms with Gasteiger partial charge in [0, 0.05) is 17.4 Å². The molecule has 2 aliphatic rings. The number of ether oxygens (including phenoxy) is 1. The molecule has 1 heterocycles. The fourth-order valence-electron chi connectivity index (χ4n) is 6.48. The van der Waals surface area contributed by atoms with Crippen LogP contribution in [0.5, 0.6) is 5.75 Å². The van der Waals surface area contributed by atoms with Crippen LogP contribution in [-0.2, 0) is 24.4 Å². The number of anilines is 1. The highest BCUT2D eigenvalue weighted by Gasteiger charge is 2.32. The topological polar surface area (TPSA) is 47.4 Å². The highest BCUT2D eigenvalue weighted by Crippen LogP contribution is 2.39. The Kier molecular flexibility index (Phi) is 8.22. The van der Waals surface area contributed by atoms with Crippen molar-refractivity contribution in [3.05, 3.63) is 113 Å². The van der Waals surface area contributed by atoms with Gasteiger partial charge in [-0.2, -0.15) is 5.10 Å². The molecule has 0 saturated heterocycles. The molecule has 41 heavy (non-hydrogen) atoms. The van der Waals surface area contributed by atoms with Gasteiger partial charge in [0.15, 0.2) is 0 Å². The van der Waals surface area contributed by atoms with E-state index in [9.17, 15) is 4.79 Å². The van der Waals surface area contributed by atoms with E-state index in [-0.39, 0.29) is 11.8 Å². The van der Waals surface area contributed by atoms with Gasteiger partial charge < -0.3 is 9.64 Å². The second-order valence-corrected chi connectivity index (χ2v) is 12.0. The molecule has 1 fully saturated rings. The molecule has 1 aromatic heterocycles. The minimum atomic E-state index is -0.200. The van der Waals surface area contributed by atoms with Crippen LogP contribution in [0.4, 0.5) is 5.69 Å². The van der Waals surface area contributed by atoms with Crippen LogP contribution in [0.1, 0.15) is 98.1 Å². The third-order valence-electron chi connectivity index (χ3n) is 8.83. The van der Waals surface area contributed by atoms with Crippen LogP contribution < -0.4 is 9.64 Å². The summed E-state index contributed by atoms with van der Waals surface area (Å²) in [4.78, 5) is 16.5. The van der Waals surface area contributed by atoms with Crippen LogP contribution in [0, 0.1) is 0 Å². The van der Waals surface area contributed by atoms with Crippen molar-refractivity contribution >= 4 is 11.6 Å². The van der Waals surface area contributed by atoms with E-state index in [2.05, 4.69) is 73.3 Å². The van der Waals surface area contributed by atoms with Crippen molar-refractivity contribution in [2.24, 2.45) is 0 Å². The maximum Gasteiger partial charge on any atom is 0.234 e. The lowest BCUT2D eigenvalue weighted by molar-refractivity contribution is -0.120. The Bertz CT molecular complexity index is 1450. The third kappa shape index (κ3) is 6.09. The third-order valence-corrected chi connectivity index (χ3v) is 8.83. The average molecular weight is 548 g/mol. The molecule has 5 heteroatoms. The summed E-state index contributed by atoms with van der Waals surface area (Å²) in [5.41, 5.74) is 6.72. The van der Waals surface area contributed by atoms with Crippen molar-refractivity contribution in [3.8, 4) is 5.75 Å². The first-order valence-electron chi connectivity index (χ1n) is 15.3. The maximum absolute atomic E-state index is 14.5. The van der Waals surface area contributed by atoms with Gasteiger partial charge in [0.2, 0.25) is 5.91 Å². The number of carbonyl (C=O) groups excluding carboxylic acids is 1. The van der Waals surface area contributed by atoms with Gasteiger partial charge in [0.05, 0.1) is 24.7 Å². The van der Waals surface area contributed by atoms with Gasteiger partial charge in [-0.3, -0.25) is 9.48 Å². The van der Waals surface area contributed by atoms with Crippen molar-refractivity contribution in [1.29, 1.82) is 0 Å². The van der Waals surface area contributed by atoms with Crippen molar-refractivity contribution in [1.82, 2.24) is 9.78 Å². The fraction of sp³-hybridized carbons (Fsp3) is 0.389. The van der Waals surface area contributed by atoms with Crippen LogP contribution in [0.25, 0.3) is 0 Å². The zero-order chi connectivity index (χ0) is 28.2. The maximum atomic E-state index is 14.5. The minimum Gasteiger partial charge on any atom is -0.489 e. The Morgan fingerprint density at radius 3 is 2.46 bits per heavy atom. The van der Waals surface area contributed by atoms with Crippen LogP contribution in [0.3, 0.4) is 0 Å². The van der Waals surface area contributed by atoms with Gasteiger partial charge in [-0.1, -0.05) is 81.3 Å². The van der Waals surface area contributed by atoms with Gasteiger partial charge >= 0.3 is 0 Å². The molecule has 2 aliphatic carbocycles. The molecular weight excluding hydrogens is 506 g/mol. The van der Waals surface area contributed by atoms with Crippen molar-refractivity contribution < 1.29 is 9.53 Å². The smallest absolute Gasteiger partial charge is 0.234 e. The monoisotopic (exact) mass is 547 g/mol. The first kappa shape index (κ1) is 27.3. The van der Waals surface area contributed by atoms with Gasteiger partial charge in [-0.05, 0) is 78.5 Å². The molecule has 1 amide bonds. The Morgan fingerprint density at radius 2 is 1.71 bits per heavy atom. The number of hydrogen-bond acceptors (Lipinski definition) is 3. The summed E-state index contributed by atoms with van der Waals surface area (Å²) in [7, 11) is 0. The molecule has 3 aromatic carbocycles. The van der Waals surface area contributed by atoms with E-state index in [1.807, 2.05) is 35.4 Å². The predicted molar refractivity (Wildman–Crippen MR) is 164 cm³/mol. The summed E-state index contributed by atoms with van der Waals surface area (Å²) >= 11 is 0. The predicted octanol–water partition coefficient (Wildman–Crippen LogP) is 8.35. The van der Waals surface area contributed by atoms with Crippen molar-refractivity contribution in [3.63, 3.8) is 0 Å². The highest BCUT2D eigenvalue weighted by molar-refractivity contribution is 5.98. The highest BCUT2D eigenvalue weighted by atomic mass is 16.5. The Balaban J connectivity index is 1.28. The van der Waals surface area contributed by atoms with E-state index in [0.717, 1.165) is 47.4 Å². The second-order valence-electron chi connectivity index (χ2n) is 12.0. The first-order chi connectivity index (χ1) is 20.1. The number of amides is 1. The van der Waals surface area contributed by atoms with E-state index in [0.29, 0.717) is 25.1 Å². The Morgan fingerprint density at radius 1 is 0.927 bits per heavy atom. The second kappa shape index (κ2) is 12.3. The standard InChI is InChI=1S/C36H41N3O2/c1-26(2)29-18-20-30(21-19-29)38(23-28-22-37-39(24-28)31-12-6-7-13-31)36(40)34-16-8-15-33-32(34)14-9-17-35(33)41-25-27-10-4-3-5-11-27/h3-5,9-11,14,17-22,24,26,31,34H,6-8,12-13,15-16,23,25H2,1-2H3. The number of hydrogen-bond donors (Lipinski definition) is 0.